The first-order chi connectivity index (χ1) is 9.01. The van der Waals surface area contributed by atoms with Crippen LogP contribution < -0.4 is 10.6 Å². The number of anilines is 1. The molecule has 1 rings (SSSR count). The van der Waals surface area contributed by atoms with E-state index >= 15 is 0 Å². The van der Waals surface area contributed by atoms with E-state index in [-0.39, 0.29) is 18.5 Å². The summed E-state index contributed by atoms with van der Waals surface area (Å²) < 4.78 is 1.71. The highest BCUT2D eigenvalue weighted by Crippen LogP contribution is 2.05. The van der Waals surface area contributed by atoms with Crippen LogP contribution in [0.2, 0.25) is 0 Å². The van der Waals surface area contributed by atoms with Gasteiger partial charge in [-0.25, -0.2) is 4.79 Å². The SMILES string of the molecule is CCn1cc(NC(=O)NC(C)CCCC(=O)O)cn1. The van der Waals surface area contributed by atoms with Crippen molar-refractivity contribution in [1.82, 2.24) is 15.1 Å². The number of rotatable bonds is 7. The van der Waals surface area contributed by atoms with Gasteiger partial charge in [0.15, 0.2) is 0 Å². The zero-order valence-electron chi connectivity index (χ0n) is 11.2. The number of carbonyl (C=O) groups excluding carboxylic acids is 1. The predicted molar refractivity (Wildman–Crippen MR) is 71.0 cm³/mol. The van der Waals surface area contributed by atoms with Crippen molar-refractivity contribution in [2.24, 2.45) is 0 Å². The maximum absolute atomic E-state index is 11.6. The Morgan fingerprint density at radius 1 is 1.53 bits per heavy atom. The number of aliphatic carboxylic acids is 1. The van der Waals surface area contributed by atoms with Gasteiger partial charge in [0, 0.05) is 25.2 Å². The monoisotopic (exact) mass is 268 g/mol. The van der Waals surface area contributed by atoms with Crippen LogP contribution in [0.15, 0.2) is 12.4 Å². The first-order valence-corrected chi connectivity index (χ1v) is 6.33. The molecule has 0 fully saturated rings. The summed E-state index contributed by atoms with van der Waals surface area (Å²) in [5, 5.41) is 18.0. The van der Waals surface area contributed by atoms with Gasteiger partial charge in [0.25, 0.3) is 0 Å². The number of aromatic nitrogens is 2. The number of hydrogen-bond acceptors (Lipinski definition) is 3. The highest BCUT2D eigenvalue weighted by molar-refractivity contribution is 5.89. The molecule has 1 heterocycles. The molecule has 1 atom stereocenters. The van der Waals surface area contributed by atoms with Crippen LogP contribution in [0.4, 0.5) is 10.5 Å². The lowest BCUT2D eigenvalue weighted by atomic mass is 10.1. The van der Waals surface area contributed by atoms with Gasteiger partial charge in [-0.15, -0.1) is 0 Å². The van der Waals surface area contributed by atoms with Crippen LogP contribution in [-0.2, 0) is 11.3 Å². The molecule has 1 aromatic heterocycles. The van der Waals surface area contributed by atoms with Gasteiger partial charge in [-0.2, -0.15) is 5.10 Å². The van der Waals surface area contributed by atoms with Crippen molar-refractivity contribution in [1.29, 1.82) is 0 Å². The van der Waals surface area contributed by atoms with E-state index in [0.717, 1.165) is 6.54 Å². The van der Waals surface area contributed by atoms with E-state index in [1.54, 1.807) is 17.1 Å². The van der Waals surface area contributed by atoms with Crippen LogP contribution in [0.5, 0.6) is 0 Å². The Kier molecular flexibility index (Phi) is 5.84. The lowest BCUT2D eigenvalue weighted by molar-refractivity contribution is -0.137. The van der Waals surface area contributed by atoms with Gasteiger partial charge in [0.2, 0.25) is 0 Å². The minimum absolute atomic E-state index is 0.0689. The van der Waals surface area contributed by atoms with E-state index in [2.05, 4.69) is 15.7 Å². The second-order valence-corrected chi connectivity index (χ2v) is 4.37. The molecule has 0 bridgehead atoms. The van der Waals surface area contributed by atoms with Crippen molar-refractivity contribution in [2.45, 2.75) is 45.7 Å². The molecule has 0 aliphatic rings. The maximum Gasteiger partial charge on any atom is 0.319 e. The Bertz CT molecular complexity index is 430. The summed E-state index contributed by atoms with van der Waals surface area (Å²) in [6.07, 6.45) is 4.63. The zero-order valence-corrected chi connectivity index (χ0v) is 11.2. The second-order valence-electron chi connectivity index (χ2n) is 4.37. The van der Waals surface area contributed by atoms with Crippen molar-refractivity contribution in [2.75, 3.05) is 5.32 Å². The quantitative estimate of drug-likeness (QED) is 0.700. The Hall–Kier alpha value is -2.05. The molecule has 0 saturated carbocycles. The molecule has 2 amide bonds. The summed E-state index contributed by atoms with van der Waals surface area (Å²) in [4.78, 5) is 22.0. The van der Waals surface area contributed by atoms with Gasteiger partial charge in [0.05, 0.1) is 11.9 Å². The molecule has 0 aliphatic heterocycles. The van der Waals surface area contributed by atoms with Crippen LogP contribution in [0.25, 0.3) is 0 Å². The Labute approximate surface area is 112 Å². The summed E-state index contributed by atoms with van der Waals surface area (Å²) in [5.41, 5.74) is 0.636. The van der Waals surface area contributed by atoms with E-state index in [4.69, 9.17) is 5.11 Å². The largest absolute Gasteiger partial charge is 0.481 e. The van der Waals surface area contributed by atoms with Crippen LogP contribution in [0.3, 0.4) is 0 Å². The van der Waals surface area contributed by atoms with Crippen molar-refractivity contribution in [3.05, 3.63) is 12.4 Å². The van der Waals surface area contributed by atoms with Gasteiger partial charge in [-0.05, 0) is 26.7 Å². The smallest absolute Gasteiger partial charge is 0.319 e. The van der Waals surface area contributed by atoms with Crippen molar-refractivity contribution < 1.29 is 14.7 Å². The van der Waals surface area contributed by atoms with E-state index in [0.29, 0.717) is 18.5 Å². The third kappa shape index (κ3) is 5.89. The van der Waals surface area contributed by atoms with Gasteiger partial charge >= 0.3 is 12.0 Å². The minimum atomic E-state index is -0.816. The molecule has 3 N–H and O–H groups in total. The van der Waals surface area contributed by atoms with Gasteiger partial charge in [-0.3, -0.25) is 9.48 Å². The number of nitrogens with zero attached hydrogens (tertiary/aromatic N) is 2. The fourth-order valence-electron chi connectivity index (χ4n) is 1.62. The summed E-state index contributed by atoms with van der Waals surface area (Å²) >= 11 is 0. The summed E-state index contributed by atoms with van der Waals surface area (Å²) in [5.74, 6) is -0.816. The number of aryl methyl sites for hydroxylation is 1. The average Bonchev–Trinajstić information content (AvgIpc) is 2.75. The molecule has 0 aromatic carbocycles. The molecule has 106 valence electrons. The Morgan fingerprint density at radius 2 is 2.26 bits per heavy atom. The van der Waals surface area contributed by atoms with E-state index in [1.807, 2.05) is 13.8 Å². The fourth-order valence-corrected chi connectivity index (χ4v) is 1.62. The number of nitrogens with one attached hydrogen (secondary N) is 2. The summed E-state index contributed by atoms with van der Waals surface area (Å²) in [7, 11) is 0. The number of carbonyl (C=O) groups is 2. The van der Waals surface area contributed by atoms with Crippen molar-refractivity contribution in [3.63, 3.8) is 0 Å². The number of urea groups is 1. The topological polar surface area (TPSA) is 96.2 Å². The molecule has 0 aliphatic carbocycles. The summed E-state index contributed by atoms with van der Waals surface area (Å²) in [6, 6.07) is -0.376. The maximum atomic E-state index is 11.6. The number of carboxylic acid groups (broad SMARTS) is 1. The zero-order chi connectivity index (χ0) is 14.3. The highest BCUT2D eigenvalue weighted by atomic mass is 16.4. The predicted octanol–water partition coefficient (Wildman–Crippen LogP) is 1.67. The molecular formula is C12H20N4O3. The highest BCUT2D eigenvalue weighted by Gasteiger charge is 2.09. The fraction of sp³-hybridized carbons (Fsp3) is 0.583. The molecule has 0 radical (unpaired) electrons. The normalized spacial score (nSPS) is 11.9. The standard InChI is InChI=1S/C12H20N4O3/c1-3-16-8-10(7-13-16)15-12(19)14-9(2)5-4-6-11(17)18/h7-9H,3-6H2,1-2H3,(H,17,18)(H2,14,15,19). The molecule has 1 unspecified atom stereocenters. The van der Waals surface area contributed by atoms with E-state index in [9.17, 15) is 9.59 Å². The molecule has 19 heavy (non-hydrogen) atoms. The summed E-state index contributed by atoms with van der Waals surface area (Å²) in [6.45, 7) is 4.55. The molecule has 1 aromatic rings. The Balaban J connectivity index is 2.28. The molecular weight excluding hydrogens is 248 g/mol. The van der Waals surface area contributed by atoms with Crippen molar-refractivity contribution >= 4 is 17.7 Å². The van der Waals surface area contributed by atoms with Crippen molar-refractivity contribution in [3.8, 4) is 0 Å². The average molecular weight is 268 g/mol. The van der Waals surface area contributed by atoms with E-state index < -0.39 is 5.97 Å². The van der Waals surface area contributed by atoms with Crippen LogP contribution in [0, 0.1) is 0 Å². The molecule has 0 saturated heterocycles. The molecule has 7 heteroatoms. The molecule has 0 spiro atoms. The number of carboxylic acids is 1. The number of amides is 2. The van der Waals surface area contributed by atoms with Crippen LogP contribution in [-0.4, -0.2) is 32.9 Å². The first kappa shape index (κ1) is 15.0. The van der Waals surface area contributed by atoms with Gasteiger partial charge in [0.1, 0.15) is 0 Å². The molecule has 7 nitrogen and oxygen atoms in total. The van der Waals surface area contributed by atoms with Crippen LogP contribution >= 0.6 is 0 Å². The first-order valence-electron chi connectivity index (χ1n) is 6.33. The Morgan fingerprint density at radius 3 is 2.84 bits per heavy atom. The minimum Gasteiger partial charge on any atom is -0.481 e. The third-order valence-electron chi connectivity index (χ3n) is 2.62. The number of hydrogen-bond donors (Lipinski definition) is 3. The lowest BCUT2D eigenvalue weighted by Gasteiger charge is -2.13. The van der Waals surface area contributed by atoms with Gasteiger partial charge in [-0.1, -0.05) is 0 Å². The second kappa shape index (κ2) is 7.40. The lowest BCUT2D eigenvalue weighted by Crippen LogP contribution is -2.36. The van der Waals surface area contributed by atoms with Gasteiger partial charge < -0.3 is 15.7 Å². The van der Waals surface area contributed by atoms with Crippen LogP contribution in [0.1, 0.15) is 33.1 Å². The van der Waals surface area contributed by atoms with E-state index in [1.165, 1.54) is 0 Å². The third-order valence-corrected chi connectivity index (χ3v) is 2.62.